The van der Waals surface area contributed by atoms with Gasteiger partial charge in [-0.05, 0) is 55.7 Å². The number of methoxy groups -OCH3 is 1. The molecule has 2 aromatic rings. The Morgan fingerprint density at radius 1 is 1.14 bits per heavy atom. The molecule has 0 saturated carbocycles. The van der Waals surface area contributed by atoms with Gasteiger partial charge in [0.15, 0.2) is 0 Å². The van der Waals surface area contributed by atoms with Crippen molar-refractivity contribution >= 4 is 15.9 Å². The Morgan fingerprint density at radius 3 is 2.39 bits per heavy atom. The second-order valence-corrected chi connectivity index (χ2v) is 8.63. The second kappa shape index (κ2) is 8.28. The number of benzene rings is 2. The molecule has 1 aliphatic heterocycles. The minimum atomic E-state index is -3.74. The zero-order valence-corrected chi connectivity index (χ0v) is 16.6. The number of carbonyl (C=O) groups excluding carboxylic acids is 1. The first-order chi connectivity index (χ1) is 13.3. The molecule has 8 heteroatoms. The van der Waals surface area contributed by atoms with Crippen LogP contribution in [0.25, 0.3) is 0 Å². The maximum atomic E-state index is 13.1. The Morgan fingerprint density at radius 2 is 1.79 bits per heavy atom. The van der Waals surface area contributed by atoms with Crippen LogP contribution in [0.1, 0.15) is 41.7 Å². The van der Waals surface area contributed by atoms with Crippen molar-refractivity contribution in [2.75, 3.05) is 20.2 Å². The number of hydrogen-bond acceptors (Lipinski definition) is 4. The predicted octanol–water partition coefficient (Wildman–Crippen LogP) is 3.11. The average molecular weight is 406 g/mol. The molecule has 6 nitrogen and oxygen atoms in total. The first-order valence-electron chi connectivity index (χ1n) is 9.07. The highest BCUT2D eigenvalue weighted by Crippen LogP contribution is 2.30. The van der Waals surface area contributed by atoms with Gasteiger partial charge in [-0.15, -0.1) is 0 Å². The molecular weight excluding hydrogens is 383 g/mol. The summed E-state index contributed by atoms with van der Waals surface area (Å²) in [7, 11) is -2.34. The summed E-state index contributed by atoms with van der Waals surface area (Å²) in [4.78, 5) is 12.6. The Kier molecular flexibility index (Phi) is 6.00. The SMILES string of the molecule is COc1ccc(C(=O)N[C@@H](C)c2ccc(F)cc2)cc1S(=O)(=O)N1CCCC1. The molecule has 0 radical (unpaired) electrons. The third-order valence-electron chi connectivity index (χ3n) is 4.83. The van der Waals surface area contributed by atoms with Gasteiger partial charge in [0.05, 0.1) is 13.2 Å². The van der Waals surface area contributed by atoms with Gasteiger partial charge in [-0.1, -0.05) is 12.1 Å². The van der Waals surface area contributed by atoms with E-state index in [1.165, 1.54) is 41.7 Å². The predicted molar refractivity (Wildman–Crippen MR) is 103 cm³/mol. The van der Waals surface area contributed by atoms with E-state index in [-0.39, 0.29) is 28.1 Å². The van der Waals surface area contributed by atoms with Crippen molar-refractivity contribution in [2.24, 2.45) is 0 Å². The van der Waals surface area contributed by atoms with E-state index in [9.17, 15) is 17.6 Å². The lowest BCUT2D eigenvalue weighted by molar-refractivity contribution is 0.0939. The van der Waals surface area contributed by atoms with Crippen LogP contribution in [-0.2, 0) is 10.0 Å². The van der Waals surface area contributed by atoms with Crippen LogP contribution < -0.4 is 10.1 Å². The van der Waals surface area contributed by atoms with Gasteiger partial charge in [-0.3, -0.25) is 4.79 Å². The molecule has 1 heterocycles. The summed E-state index contributed by atoms with van der Waals surface area (Å²) in [6.45, 7) is 2.70. The molecular formula is C20H23FN2O4S. The number of sulfonamides is 1. The van der Waals surface area contributed by atoms with Crippen LogP contribution in [0.5, 0.6) is 5.75 Å². The number of carbonyl (C=O) groups is 1. The summed E-state index contributed by atoms with van der Waals surface area (Å²) >= 11 is 0. The van der Waals surface area contributed by atoms with Crippen molar-refractivity contribution in [3.8, 4) is 5.75 Å². The minimum absolute atomic E-state index is 0.0148. The van der Waals surface area contributed by atoms with Crippen LogP contribution in [0, 0.1) is 5.82 Å². The molecule has 150 valence electrons. The van der Waals surface area contributed by atoms with Crippen molar-refractivity contribution in [1.82, 2.24) is 9.62 Å². The van der Waals surface area contributed by atoms with Gasteiger partial charge in [0.25, 0.3) is 5.91 Å². The maximum absolute atomic E-state index is 13.1. The molecule has 3 rings (SSSR count). The van der Waals surface area contributed by atoms with E-state index >= 15 is 0 Å². The van der Waals surface area contributed by atoms with Crippen LogP contribution in [0.2, 0.25) is 0 Å². The van der Waals surface area contributed by atoms with E-state index in [1.54, 1.807) is 19.1 Å². The summed E-state index contributed by atoms with van der Waals surface area (Å²) in [5.74, 6) is -0.568. The van der Waals surface area contributed by atoms with E-state index in [0.717, 1.165) is 18.4 Å². The molecule has 1 saturated heterocycles. The lowest BCUT2D eigenvalue weighted by atomic mass is 10.1. The maximum Gasteiger partial charge on any atom is 0.251 e. The molecule has 0 spiro atoms. The highest BCUT2D eigenvalue weighted by Gasteiger charge is 2.30. The molecule has 0 aromatic heterocycles. The fourth-order valence-corrected chi connectivity index (χ4v) is 4.90. The van der Waals surface area contributed by atoms with Crippen molar-refractivity contribution in [3.63, 3.8) is 0 Å². The molecule has 1 atom stereocenters. The van der Waals surface area contributed by atoms with E-state index in [0.29, 0.717) is 13.1 Å². The van der Waals surface area contributed by atoms with Crippen molar-refractivity contribution in [1.29, 1.82) is 0 Å². The van der Waals surface area contributed by atoms with Gasteiger partial charge < -0.3 is 10.1 Å². The molecule has 0 unspecified atom stereocenters. The zero-order chi connectivity index (χ0) is 20.3. The van der Waals surface area contributed by atoms with Crippen LogP contribution >= 0.6 is 0 Å². The lowest BCUT2D eigenvalue weighted by Crippen LogP contribution is -2.29. The summed E-state index contributed by atoms with van der Waals surface area (Å²) < 4.78 is 45.6. The van der Waals surface area contributed by atoms with E-state index < -0.39 is 15.9 Å². The summed E-state index contributed by atoms with van der Waals surface area (Å²) in [5.41, 5.74) is 0.959. The molecule has 1 N–H and O–H groups in total. The van der Waals surface area contributed by atoms with E-state index in [4.69, 9.17) is 4.74 Å². The number of amides is 1. The highest BCUT2D eigenvalue weighted by molar-refractivity contribution is 7.89. The second-order valence-electron chi connectivity index (χ2n) is 6.72. The summed E-state index contributed by atoms with van der Waals surface area (Å²) in [6, 6.07) is 9.83. The quantitative estimate of drug-likeness (QED) is 0.800. The number of rotatable bonds is 6. The third-order valence-corrected chi connectivity index (χ3v) is 6.75. The number of nitrogens with one attached hydrogen (secondary N) is 1. The smallest absolute Gasteiger partial charge is 0.251 e. The standard InChI is InChI=1S/C20H23FN2O4S/c1-14(15-5-8-17(21)9-6-15)22-20(24)16-7-10-18(27-2)19(13-16)28(25,26)23-11-3-4-12-23/h5-10,13-14H,3-4,11-12H2,1-2H3,(H,22,24)/t14-/m0/s1. The fraction of sp³-hybridized carbons (Fsp3) is 0.350. The monoisotopic (exact) mass is 406 g/mol. The van der Waals surface area contributed by atoms with Gasteiger partial charge in [-0.25, -0.2) is 12.8 Å². The molecule has 1 amide bonds. The van der Waals surface area contributed by atoms with Crippen LogP contribution in [0.15, 0.2) is 47.4 Å². The van der Waals surface area contributed by atoms with Crippen LogP contribution in [0.3, 0.4) is 0 Å². The van der Waals surface area contributed by atoms with Crippen molar-refractivity contribution in [2.45, 2.75) is 30.7 Å². The lowest BCUT2D eigenvalue weighted by Gasteiger charge is -2.19. The van der Waals surface area contributed by atoms with Gasteiger partial charge >= 0.3 is 0 Å². The Bertz CT molecular complexity index is 955. The Labute approximate surface area is 164 Å². The number of hydrogen-bond donors (Lipinski definition) is 1. The van der Waals surface area contributed by atoms with Crippen molar-refractivity contribution in [3.05, 3.63) is 59.4 Å². The van der Waals surface area contributed by atoms with Crippen LogP contribution in [0.4, 0.5) is 4.39 Å². The summed E-state index contributed by atoms with van der Waals surface area (Å²) in [6.07, 6.45) is 1.63. The summed E-state index contributed by atoms with van der Waals surface area (Å²) in [5, 5.41) is 2.81. The van der Waals surface area contributed by atoms with Crippen molar-refractivity contribution < 1.29 is 22.3 Å². The normalized spacial score (nSPS) is 16.0. The van der Waals surface area contributed by atoms with E-state index in [2.05, 4.69) is 5.32 Å². The molecule has 28 heavy (non-hydrogen) atoms. The number of halogens is 1. The molecule has 1 aliphatic rings. The first-order valence-corrected chi connectivity index (χ1v) is 10.5. The molecule has 0 bridgehead atoms. The molecule has 0 aliphatic carbocycles. The Hall–Kier alpha value is -2.45. The van der Waals surface area contributed by atoms with Gasteiger partial charge in [0.2, 0.25) is 10.0 Å². The van der Waals surface area contributed by atoms with Gasteiger partial charge in [-0.2, -0.15) is 4.31 Å². The highest BCUT2D eigenvalue weighted by atomic mass is 32.2. The largest absolute Gasteiger partial charge is 0.495 e. The first kappa shape index (κ1) is 20.3. The number of nitrogens with zero attached hydrogens (tertiary/aromatic N) is 1. The molecule has 1 fully saturated rings. The zero-order valence-electron chi connectivity index (χ0n) is 15.8. The topological polar surface area (TPSA) is 75.7 Å². The number of ether oxygens (including phenoxy) is 1. The fourth-order valence-electron chi connectivity index (χ4n) is 3.20. The minimum Gasteiger partial charge on any atom is -0.495 e. The van der Waals surface area contributed by atoms with Crippen LogP contribution in [-0.4, -0.2) is 38.8 Å². The van der Waals surface area contributed by atoms with Gasteiger partial charge in [0, 0.05) is 18.7 Å². The third kappa shape index (κ3) is 4.18. The molecule has 2 aromatic carbocycles. The Balaban J connectivity index is 1.86. The van der Waals surface area contributed by atoms with Gasteiger partial charge in [0.1, 0.15) is 16.5 Å². The van der Waals surface area contributed by atoms with E-state index in [1.807, 2.05) is 0 Å². The average Bonchev–Trinajstić information content (AvgIpc) is 3.23.